The number of nitrogens with one attached hydrogen (secondary N) is 1. The van der Waals surface area contributed by atoms with Gasteiger partial charge >= 0.3 is 0 Å². The van der Waals surface area contributed by atoms with Crippen LogP contribution in [0, 0.1) is 0 Å². The zero-order chi connectivity index (χ0) is 12.7. The standard InChI is InChI=1S/C12H17NO4/c1-15-10-4-5-11(13-8-14)9(6-10)7-12(16-2)17-3/h4-6,8,12H,7H2,1-3H3,(H,13,14). The van der Waals surface area contributed by atoms with Gasteiger partial charge in [0.1, 0.15) is 5.75 Å². The molecule has 1 aromatic carbocycles. The summed E-state index contributed by atoms with van der Waals surface area (Å²) in [7, 11) is 4.73. The summed E-state index contributed by atoms with van der Waals surface area (Å²) >= 11 is 0. The molecule has 0 atom stereocenters. The Bertz CT molecular complexity index is 364. The second-order valence-corrected chi connectivity index (χ2v) is 3.39. The molecule has 0 saturated heterocycles. The van der Waals surface area contributed by atoms with Crippen LogP contribution in [0.1, 0.15) is 5.56 Å². The van der Waals surface area contributed by atoms with Gasteiger partial charge in [-0.15, -0.1) is 0 Å². The maximum atomic E-state index is 10.5. The third-order valence-corrected chi connectivity index (χ3v) is 2.44. The average Bonchev–Trinajstić information content (AvgIpc) is 2.37. The molecule has 0 fully saturated rings. The van der Waals surface area contributed by atoms with Crippen LogP contribution >= 0.6 is 0 Å². The molecule has 0 spiro atoms. The van der Waals surface area contributed by atoms with Crippen molar-refractivity contribution in [1.29, 1.82) is 0 Å². The molecule has 1 amide bonds. The van der Waals surface area contributed by atoms with E-state index in [1.807, 2.05) is 6.07 Å². The molecule has 1 N–H and O–H groups in total. The van der Waals surface area contributed by atoms with Crippen LogP contribution in [-0.4, -0.2) is 34.0 Å². The van der Waals surface area contributed by atoms with Crippen molar-refractivity contribution in [3.05, 3.63) is 23.8 Å². The Morgan fingerprint density at radius 3 is 2.53 bits per heavy atom. The molecule has 5 nitrogen and oxygen atoms in total. The number of hydrogen-bond acceptors (Lipinski definition) is 4. The molecule has 0 unspecified atom stereocenters. The van der Waals surface area contributed by atoms with Crippen LogP contribution < -0.4 is 10.1 Å². The van der Waals surface area contributed by atoms with Gasteiger partial charge in [-0.2, -0.15) is 0 Å². The van der Waals surface area contributed by atoms with E-state index in [0.29, 0.717) is 12.8 Å². The highest BCUT2D eigenvalue weighted by atomic mass is 16.7. The highest BCUT2D eigenvalue weighted by molar-refractivity contribution is 5.73. The SMILES string of the molecule is COc1ccc(NC=O)c(CC(OC)OC)c1. The molecule has 0 bridgehead atoms. The summed E-state index contributed by atoms with van der Waals surface area (Å²) in [5.74, 6) is 0.724. The largest absolute Gasteiger partial charge is 0.497 e. The molecule has 94 valence electrons. The fourth-order valence-electron chi connectivity index (χ4n) is 1.51. The normalized spacial score (nSPS) is 10.4. The molecule has 17 heavy (non-hydrogen) atoms. The van der Waals surface area contributed by atoms with Crippen molar-refractivity contribution in [2.75, 3.05) is 26.6 Å². The number of hydrogen-bond donors (Lipinski definition) is 1. The molecule has 0 aromatic heterocycles. The van der Waals surface area contributed by atoms with Crippen LogP contribution in [-0.2, 0) is 20.7 Å². The fourth-order valence-corrected chi connectivity index (χ4v) is 1.51. The Hall–Kier alpha value is -1.59. The molecule has 0 radical (unpaired) electrons. The summed E-state index contributed by atoms with van der Waals surface area (Å²) in [5, 5.41) is 2.63. The molecule has 0 heterocycles. The van der Waals surface area contributed by atoms with Crippen LogP contribution in [0.4, 0.5) is 5.69 Å². The Morgan fingerprint density at radius 1 is 1.29 bits per heavy atom. The van der Waals surface area contributed by atoms with Gasteiger partial charge in [0.2, 0.25) is 6.41 Å². The minimum atomic E-state index is -0.352. The summed E-state index contributed by atoms with van der Waals surface area (Å²) in [4.78, 5) is 10.5. The lowest BCUT2D eigenvalue weighted by Crippen LogP contribution is -2.17. The summed E-state index contributed by atoms with van der Waals surface area (Å²) in [5.41, 5.74) is 1.62. The highest BCUT2D eigenvalue weighted by Crippen LogP contribution is 2.23. The lowest BCUT2D eigenvalue weighted by molar-refractivity contribution is -0.105. The predicted octanol–water partition coefficient (Wildman–Crippen LogP) is 1.42. The summed E-state index contributed by atoms with van der Waals surface area (Å²) < 4.78 is 15.4. The second kappa shape index (κ2) is 6.88. The number of carbonyl (C=O) groups is 1. The average molecular weight is 239 g/mol. The molecule has 0 aliphatic carbocycles. The van der Waals surface area contributed by atoms with Crippen molar-refractivity contribution in [3.8, 4) is 5.75 Å². The van der Waals surface area contributed by atoms with E-state index < -0.39 is 0 Å². The Labute approximate surface area is 101 Å². The third kappa shape index (κ3) is 3.72. The van der Waals surface area contributed by atoms with Crippen molar-refractivity contribution in [2.24, 2.45) is 0 Å². The molecule has 1 aromatic rings. The van der Waals surface area contributed by atoms with Crippen LogP contribution in [0.3, 0.4) is 0 Å². The maximum absolute atomic E-state index is 10.5. The first-order valence-corrected chi connectivity index (χ1v) is 5.17. The highest BCUT2D eigenvalue weighted by Gasteiger charge is 2.11. The van der Waals surface area contributed by atoms with E-state index in [1.54, 1.807) is 33.5 Å². The summed E-state index contributed by atoms with van der Waals surface area (Å²) in [6.45, 7) is 0. The Balaban J connectivity index is 2.94. The smallest absolute Gasteiger partial charge is 0.211 e. The Morgan fingerprint density at radius 2 is 2.00 bits per heavy atom. The first kappa shape index (κ1) is 13.5. The van der Waals surface area contributed by atoms with Gasteiger partial charge in [-0.3, -0.25) is 4.79 Å². The molecule has 5 heteroatoms. The van der Waals surface area contributed by atoms with Gasteiger partial charge in [0.05, 0.1) is 7.11 Å². The van der Waals surface area contributed by atoms with Crippen molar-refractivity contribution < 1.29 is 19.0 Å². The third-order valence-electron chi connectivity index (χ3n) is 2.44. The minimum absolute atomic E-state index is 0.352. The number of benzene rings is 1. The van der Waals surface area contributed by atoms with Gasteiger partial charge in [-0.25, -0.2) is 0 Å². The number of amides is 1. The second-order valence-electron chi connectivity index (χ2n) is 3.39. The fraction of sp³-hybridized carbons (Fsp3) is 0.417. The topological polar surface area (TPSA) is 56.8 Å². The van der Waals surface area contributed by atoms with Crippen molar-refractivity contribution in [2.45, 2.75) is 12.7 Å². The number of rotatable bonds is 7. The Kier molecular flexibility index (Phi) is 5.45. The van der Waals surface area contributed by atoms with E-state index in [0.717, 1.165) is 17.0 Å². The zero-order valence-electron chi connectivity index (χ0n) is 10.2. The van der Waals surface area contributed by atoms with Crippen molar-refractivity contribution in [1.82, 2.24) is 0 Å². The van der Waals surface area contributed by atoms with E-state index in [9.17, 15) is 4.79 Å². The van der Waals surface area contributed by atoms with Crippen LogP contribution in [0.2, 0.25) is 0 Å². The first-order valence-electron chi connectivity index (χ1n) is 5.17. The number of methoxy groups -OCH3 is 3. The molecular formula is C12H17NO4. The summed E-state index contributed by atoms with van der Waals surface area (Å²) in [6.07, 6.45) is 0.814. The monoisotopic (exact) mass is 239 g/mol. The molecule has 0 aliphatic heterocycles. The van der Waals surface area contributed by atoms with E-state index >= 15 is 0 Å². The van der Waals surface area contributed by atoms with Gasteiger partial charge < -0.3 is 19.5 Å². The van der Waals surface area contributed by atoms with Gasteiger partial charge in [0.25, 0.3) is 0 Å². The quantitative estimate of drug-likeness (QED) is 0.577. The predicted molar refractivity (Wildman–Crippen MR) is 64.2 cm³/mol. The van der Waals surface area contributed by atoms with Crippen molar-refractivity contribution >= 4 is 12.1 Å². The maximum Gasteiger partial charge on any atom is 0.211 e. The van der Waals surface area contributed by atoms with Gasteiger partial charge in [-0.1, -0.05) is 0 Å². The lowest BCUT2D eigenvalue weighted by Gasteiger charge is -2.16. The molecule has 1 rings (SSSR count). The molecular weight excluding hydrogens is 222 g/mol. The minimum Gasteiger partial charge on any atom is -0.497 e. The molecule has 0 aliphatic rings. The number of carbonyl (C=O) groups excluding carboxylic acids is 1. The zero-order valence-corrected chi connectivity index (χ0v) is 10.2. The van der Waals surface area contributed by atoms with Gasteiger partial charge in [0, 0.05) is 26.3 Å². The van der Waals surface area contributed by atoms with Crippen LogP contribution in [0.5, 0.6) is 5.75 Å². The van der Waals surface area contributed by atoms with Crippen molar-refractivity contribution in [3.63, 3.8) is 0 Å². The summed E-state index contributed by atoms with van der Waals surface area (Å²) in [6, 6.07) is 5.41. The number of ether oxygens (including phenoxy) is 3. The van der Waals surface area contributed by atoms with E-state index in [1.165, 1.54) is 0 Å². The van der Waals surface area contributed by atoms with Crippen LogP contribution in [0.25, 0.3) is 0 Å². The number of anilines is 1. The van der Waals surface area contributed by atoms with Gasteiger partial charge in [-0.05, 0) is 23.8 Å². The van der Waals surface area contributed by atoms with Gasteiger partial charge in [0.15, 0.2) is 6.29 Å². The lowest BCUT2D eigenvalue weighted by atomic mass is 10.1. The van der Waals surface area contributed by atoms with E-state index in [2.05, 4.69) is 5.32 Å². The van der Waals surface area contributed by atoms with E-state index in [-0.39, 0.29) is 6.29 Å². The molecule has 0 saturated carbocycles. The first-order chi connectivity index (χ1) is 8.24. The van der Waals surface area contributed by atoms with E-state index in [4.69, 9.17) is 14.2 Å². The van der Waals surface area contributed by atoms with Crippen LogP contribution in [0.15, 0.2) is 18.2 Å².